The first-order chi connectivity index (χ1) is 12.7. The van der Waals surface area contributed by atoms with Crippen molar-refractivity contribution in [3.05, 3.63) is 0 Å². The molecule has 1 aliphatic heterocycles. The number of piperidine rings is 1. The second-order valence-corrected chi connectivity index (χ2v) is 9.39. The van der Waals surface area contributed by atoms with Gasteiger partial charge in [0.1, 0.15) is 0 Å². The Morgan fingerprint density at radius 3 is 2.30 bits per heavy atom. The Kier molecular flexibility index (Phi) is 7.95. The van der Waals surface area contributed by atoms with Gasteiger partial charge in [0.05, 0.1) is 6.54 Å². The minimum absolute atomic E-state index is 0.0638. The number of carboxylic acid groups (broad SMARTS) is 1. The molecule has 2 fully saturated rings. The highest BCUT2D eigenvalue weighted by molar-refractivity contribution is 5.74. The van der Waals surface area contributed by atoms with Gasteiger partial charge in [-0.25, -0.2) is 4.79 Å². The summed E-state index contributed by atoms with van der Waals surface area (Å²) < 4.78 is 0. The average molecular weight is 382 g/mol. The van der Waals surface area contributed by atoms with Crippen molar-refractivity contribution in [2.24, 2.45) is 11.3 Å². The van der Waals surface area contributed by atoms with Crippen LogP contribution in [0.2, 0.25) is 0 Å². The molecule has 1 saturated heterocycles. The number of urea groups is 1. The number of likely N-dealkylation sites (N-methyl/N-ethyl adjacent to an activating group) is 1. The molecule has 1 heterocycles. The Balaban J connectivity index is 1.78. The molecule has 0 aromatic carbocycles. The summed E-state index contributed by atoms with van der Waals surface area (Å²) in [6, 6.07) is 0.622. The molecule has 2 aliphatic rings. The van der Waals surface area contributed by atoms with Crippen LogP contribution in [0.4, 0.5) is 4.79 Å². The number of nitrogens with zero attached hydrogens (tertiary/aromatic N) is 2. The second kappa shape index (κ2) is 9.76. The molecule has 1 aliphatic carbocycles. The highest BCUT2D eigenvalue weighted by Crippen LogP contribution is 2.36. The summed E-state index contributed by atoms with van der Waals surface area (Å²) >= 11 is 0. The van der Waals surface area contributed by atoms with E-state index in [9.17, 15) is 9.59 Å². The van der Waals surface area contributed by atoms with Crippen LogP contribution in [0.5, 0.6) is 0 Å². The van der Waals surface area contributed by atoms with Crippen LogP contribution in [0.25, 0.3) is 0 Å². The number of carbonyl (C=O) groups is 2. The topological polar surface area (TPSA) is 72.9 Å². The van der Waals surface area contributed by atoms with Crippen molar-refractivity contribution in [3.8, 4) is 0 Å². The number of likely N-dealkylation sites (tertiary alicyclic amines) is 1. The van der Waals surface area contributed by atoms with Gasteiger partial charge in [-0.2, -0.15) is 0 Å². The fourth-order valence-corrected chi connectivity index (χ4v) is 4.68. The predicted molar refractivity (Wildman–Crippen MR) is 108 cm³/mol. The minimum Gasteiger partial charge on any atom is -0.480 e. The third kappa shape index (κ3) is 6.66. The highest BCUT2D eigenvalue weighted by Gasteiger charge is 2.30. The summed E-state index contributed by atoms with van der Waals surface area (Å²) in [5.74, 6) is -0.0386. The number of hydrogen-bond donors (Lipinski definition) is 2. The number of rotatable bonds is 5. The van der Waals surface area contributed by atoms with Crippen LogP contribution in [0.1, 0.15) is 72.6 Å². The van der Waals surface area contributed by atoms with Crippen molar-refractivity contribution in [2.75, 3.05) is 26.2 Å². The third-order valence-corrected chi connectivity index (χ3v) is 6.53. The van der Waals surface area contributed by atoms with E-state index in [4.69, 9.17) is 5.11 Å². The summed E-state index contributed by atoms with van der Waals surface area (Å²) in [7, 11) is 0. The van der Waals surface area contributed by atoms with Gasteiger partial charge >= 0.3 is 12.0 Å². The Hall–Kier alpha value is -1.30. The quantitative estimate of drug-likeness (QED) is 0.714. The molecule has 0 bridgehead atoms. The normalized spacial score (nSPS) is 25.3. The van der Waals surface area contributed by atoms with E-state index in [1.807, 2.05) is 16.7 Å². The van der Waals surface area contributed by atoms with Gasteiger partial charge in [0.2, 0.25) is 0 Å². The maximum Gasteiger partial charge on any atom is 0.317 e. The fourth-order valence-electron chi connectivity index (χ4n) is 4.68. The minimum atomic E-state index is -0.779. The zero-order valence-corrected chi connectivity index (χ0v) is 17.7. The van der Waals surface area contributed by atoms with Gasteiger partial charge in [-0.15, -0.1) is 0 Å². The van der Waals surface area contributed by atoms with E-state index < -0.39 is 5.97 Å². The molecule has 0 aromatic heterocycles. The molecule has 0 spiro atoms. The molecule has 6 nitrogen and oxygen atoms in total. The molecule has 2 N–H and O–H groups in total. The zero-order valence-electron chi connectivity index (χ0n) is 17.7. The van der Waals surface area contributed by atoms with Gasteiger partial charge in [0, 0.05) is 25.2 Å². The van der Waals surface area contributed by atoms with Crippen LogP contribution >= 0.6 is 0 Å². The Labute approximate surface area is 164 Å². The highest BCUT2D eigenvalue weighted by atomic mass is 16.4. The van der Waals surface area contributed by atoms with Gasteiger partial charge in [-0.1, -0.05) is 34.1 Å². The summed E-state index contributed by atoms with van der Waals surface area (Å²) in [5.41, 5.74) is 0.349. The molecule has 2 rings (SSSR count). The van der Waals surface area contributed by atoms with Crippen molar-refractivity contribution < 1.29 is 14.7 Å². The number of carbonyl (C=O) groups excluding carboxylic acids is 1. The number of hydrogen-bond acceptors (Lipinski definition) is 3. The number of nitrogens with one attached hydrogen (secondary N) is 1. The summed E-state index contributed by atoms with van der Waals surface area (Å²) in [6.07, 6.45) is 7.50. The van der Waals surface area contributed by atoms with Crippen molar-refractivity contribution in [2.45, 2.75) is 84.7 Å². The molecular weight excluding hydrogens is 342 g/mol. The Morgan fingerprint density at radius 2 is 1.74 bits per heavy atom. The van der Waals surface area contributed by atoms with Crippen molar-refractivity contribution in [1.82, 2.24) is 15.1 Å². The number of amides is 2. The van der Waals surface area contributed by atoms with Gasteiger partial charge in [0.25, 0.3) is 0 Å². The lowest BCUT2D eigenvalue weighted by molar-refractivity contribution is -0.139. The van der Waals surface area contributed by atoms with Crippen LogP contribution in [0.3, 0.4) is 0 Å². The molecule has 6 heteroatoms. The third-order valence-electron chi connectivity index (χ3n) is 6.53. The van der Waals surface area contributed by atoms with Crippen molar-refractivity contribution in [3.63, 3.8) is 0 Å². The maximum atomic E-state index is 12.7. The molecular formula is C21H39N3O3. The van der Waals surface area contributed by atoms with Gasteiger partial charge < -0.3 is 15.3 Å². The average Bonchev–Trinajstić information content (AvgIpc) is 2.85. The van der Waals surface area contributed by atoms with E-state index in [1.165, 1.54) is 19.3 Å². The smallest absolute Gasteiger partial charge is 0.317 e. The largest absolute Gasteiger partial charge is 0.480 e. The van der Waals surface area contributed by atoms with E-state index in [1.54, 1.807) is 0 Å². The van der Waals surface area contributed by atoms with E-state index in [0.717, 1.165) is 38.1 Å². The summed E-state index contributed by atoms with van der Waals surface area (Å²) in [6.45, 7) is 11.2. The molecule has 1 saturated carbocycles. The molecule has 0 radical (unpaired) electrons. The number of aliphatic carboxylic acids is 1. The second-order valence-electron chi connectivity index (χ2n) is 9.39. The van der Waals surface area contributed by atoms with Crippen LogP contribution in [0, 0.1) is 11.3 Å². The van der Waals surface area contributed by atoms with Gasteiger partial charge in [0.15, 0.2) is 0 Å². The monoisotopic (exact) mass is 381 g/mol. The lowest BCUT2D eigenvalue weighted by atomic mass is 9.76. The molecule has 2 atom stereocenters. The van der Waals surface area contributed by atoms with Crippen LogP contribution in [-0.2, 0) is 4.79 Å². The fraction of sp³-hybridized carbons (Fsp3) is 0.905. The molecule has 27 heavy (non-hydrogen) atoms. The van der Waals surface area contributed by atoms with Gasteiger partial charge in [-0.05, 0) is 56.4 Å². The van der Waals surface area contributed by atoms with Crippen LogP contribution in [0.15, 0.2) is 0 Å². The molecule has 2 unspecified atom stereocenters. The maximum absolute atomic E-state index is 12.7. The lowest BCUT2D eigenvalue weighted by Crippen LogP contribution is -2.52. The van der Waals surface area contributed by atoms with E-state index in [2.05, 4.69) is 26.1 Å². The van der Waals surface area contributed by atoms with Crippen LogP contribution in [-0.4, -0.2) is 65.2 Å². The van der Waals surface area contributed by atoms with E-state index >= 15 is 0 Å². The Morgan fingerprint density at radius 1 is 1.07 bits per heavy atom. The SMILES string of the molecule is CCN(CC(=O)O)C1CCN(C(=O)NC2CCCC(C(C)(C)C)CC2)CC1. The van der Waals surface area contributed by atoms with E-state index in [-0.39, 0.29) is 18.6 Å². The number of carboxylic acids is 1. The van der Waals surface area contributed by atoms with Crippen molar-refractivity contribution in [1.29, 1.82) is 0 Å². The Bertz CT molecular complexity index is 495. The first-order valence-electron chi connectivity index (χ1n) is 10.7. The molecule has 156 valence electrons. The molecule has 0 aromatic rings. The van der Waals surface area contributed by atoms with E-state index in [0.29, 0.717) is 24.5 Å². The van der Waals surface area contributed by atoms with Crippen molar-refractivity contribution >= 4 is 12.0 Å². The molecule has 2 amide bonds. The standard InChI is InChI=1S/C21H39N3O3/c1-5-23(15-19(25)26)18-11-13-24(14-12-18)20(27)22-17-8-6-7-16(9-10-17)21(2,3)4/h16-18H,5-15H2,1-4H3,(H,22,27)(H,25,26). The lowest BCUT2D eigenvalue weighted by Gasteiger charge is -2.38. The van der Waals surface area contributed by atoms with Gasteiger partial charge in [-0.3, -0.25) is 9.69 Å². The first kappa shape index (κ1) is 22.0. The summed E-state index contributed by atoms with van der Waals surface area (Å²) in [4.78, 5) is 27.6. The predicted octanol–water partition coefficient (Wildman–Crippen LogP) is 3.56. The zero-order chi connectivity index (χ0) is 20.0. The van der Waals surface area contributed by atoms with Crippen LogP contribution < -0.4 is 5.32 Å². The summed E-state index contributed by atoms with van der Waals surface area (Å²) in [5, 5.41) is 12.3. The first-order valence-corrected chi connectivity index (χ1v) is 10.7.